The van der Waals surface area contributed by atoms with Crippen LogP contribution < -0.4 is 0 Å². The summed E-state index contributed by atoms with van der Waals surface area (Å²) >= 11 is -2.05. The van der Waals surface area contributed by atoms with Crippen LogP contribution in [0.1, 0.15) is 0 Å². The molecule has 2 heterocycles. The Morgan fingerprint density at radius 2 is 0.600 bits per heavy atom. The van der Waals surface area contributed by atoms with Crippen LogP contribution in [0.3, 0.4) is 0 Å². The number of hydrogen-bond donors (Lipinski definition) is 0. The van der Waals surface area contributed by atoms with Crippen molar-refractivity contribution in [1.29, 1.82) is 0 Å². The van der Waals surface area contributed by atoms with Crippen molar-refractivity contribution in [2.75, 3.05) is 0 Å². The van der Waals surface area contributed by atoms with Gasteiger partial charge >= 0.3 is 172 Å². The van der Waals surface area contributed by atoms with Gasteiger partial charge in [-0.25, -0.2) is 0 Å². The third-order valence-corrected chi connectivity index (χ3v) is 9.39. The van der Waals surface area contributed by atoms with Gasteiger partial charge in [-0.1, -0.05) is 0 Å². The average Bonchev–Trinajstić information content (AvgIpc) is 3.27. The third kappa shape index (κ3) is 2.97. The predicted molar refractivity (Wildman–Crippen MR) is 88.3 cm³/mol. The van der Waals surface area contributed by atoms with Gasteiger partial charge in [-0.3, -0.25) is 0 Å². The molecule has 0 saturated carbocycles. The van der Waals surface area contributed by atoms with Crippen LogP contribution in [0, 0.1) is 58.2 Å². The molecule has 4 rings (SSSR count). The Labute approximate surface area is 171 Å². The van der Waals surface area contributed by atoms with Gasteiger partial charge in [0.05, 0.1) is 0 Å². The van der Waals surface area contributed by atoms with Crippen molar-refractivity contribution in [2.45, 2.75) is 0 Å². The number of halogens is 10. The van der Waals surface area contributed by atoms with E-state index in [0.29, 0.717) is 0 Å². The van der Waals surface area contributed by atoms with Crippen molar-refractivity contribution in [3.63, 3.8) is 0 Å². The molecule has 4 aromatic rings. The van der Waals surface area contributed by atoms with Gasteiger partial charge < -0.3 is 0 Å². The summed E-state index contributed by atoms with van der Waals surface area (Å²) < 4.78 is 136. The van der Waals surface area contributed by atoms with Crippen molar-refractivity contribution in [3.8, 4) is 20.0 Å². The predicted octanol–water partition coefficient (Wildman–Crippen LogP) is 5.68. The van der Waals surface area contributed by atoms with E-state index < -0.39 is 98.3 Å². The van der Waals surface area contributed by atoms with Crippen molar-refractivity contribution < 1.29 is 43.9 Å². The molecule has 0 saturated heterocycles. The monoisotopic (exact) mass is 568 g/mol. The maximum absolute atomic E-state index is 14.0. The Hall–Kier alpha value is -2.00. The minimum atomic E-state index is -2.31. The Bertz CT molecular complexity index is 1160. The van der Waals surface area contributed by atoms with Crippen molar-refractivity contribution in [1.82, 2.24) is 0 Å². The average molecular weight is 566 g/mol. The zero-order chi connectivity index (χ0) is 22.1. The summed E-state index contributed by atoms with van der Waals surface area (Å²) in [6, 6.07) is 2.23. The number of rotatable bonds is 2. The molecule has 156 valence electrons. The van der Waals surface area contributed by atoms with Crippen LogP contribution in [0.5, 0.6) is 0 Å². The molecule has 0 bridgehead atoms. The molecule has 12 heteroatoms. The first-order chi connectivity index (χ1) is 14.0. The van der Waals surface area contributed by atoms with Crippen LogP contribution in [0.4, 0.5) is 43.9 Å². The molecule has 30 heavy (non-hydrogen) atoms. The minimum absolute atomic E-state index is 0.199. The summed E-state index contributed by atoms with van der Waals surface area (Å²) in [5.41, 5.74) is -2.22. The summed E-state index contributed by atoms with van der Waals surface area (Å²) in [7, 11) is 0. The van der Waals surface area contributed by atoms with Crippen LogP contribution >= 0.6 is 0 Å². The Balaban J connectivity index is 1.89. The summed E-state index contributed by atoms with van der Waals surface area (Å²) in [6.45, 7) is 0. The molecule has 0 aliphatic carbocycles. The van der Waals surface area contributed by atoms with E-state index in [9.17, 15) is 43.9 Å². The van der Waals surface area contributed by atoms with Crippen molar-refractivity contribution in [2.24, 2.45) is 0 Å². The summed E-state index contributed by atoms with van der Waals surface area (Å²) in [6.07, 6.45) is 0. The molecule has 0 aliphatic heterocycles. The van der Waals surface area contributed by atoms with Gasteiger partial charge in [-0.2, -0.15) is 0 Å². The van der Waals surface area contributed by atoms with Gasteiger partial charge in [-0.05, 0) is 0 Å². The molecule has 0 unspecified atom stereocenters. The molecule has 0 N–H and O–H groups in total. The van der Waals surface area contributed by atoms with Gasteiger partial charge in [0.2, 0.25) is 0 Å². The standard InChI is InChI=1S/C18H2F10Se2/c19-9-7(10(20)14(24)17(27)13(9)23)5-1-3-4(30-5)2-6(29-3)8-11(21)15(25)18(28)16(26)12(8)22/h1-2H. The fraction of sp³-hybridized carbons (Fsp3) is 0. The first kappa shape index (κ1) is 21.2. The molecule has 0 amide bonds. The second kappa shape index (κ2) is 7.30. The zero-order valence-electron chi connectivity index (χ0n) is 13.8. The van der Waals surface area contributed by atoms with Crippen molar-refractivity contribution in [3.05, 3.63) is 70.3 Å². The van der Waals surface area contributed by atoms with Gasteiger partial charge in [0.25, 0.3) is 0 Å². The zero-order valence-corrected chi connectivity index (χ0v) is 17.2. The van der Waals surface area contributed by atoms with E-state index in [-0.39, 0.29) is 17.4 Å². The Morgan fingerprint density at radius 1 is 0.367 bits per heavy atom. The van der Waals surface area contributed by atoms with E-state index in [4.69, 9.17) is 0 Å². The molecule has 0 atom stereocenters. The van der Waals surface area contributed by atoms with E-state index in [1.165, 1.54) is 0 Å². The van der Waals surface area contributed by atoms with E-state index in [2.05, 4.69) is 0 Å². The maximum atomic E-state index is 14.0. The van der Waals surface area contributed by atoms with Gasteiger partial charge in [0, 0.05) is 0 Å². The second-order valence-corrected chi connectivity index (χ2v) is 10.4. The Kier molecular flexibility index (Phi) is 5.17. The molecule has 2 aromatic carbocycles. The van der Waals surface area contributed by atoms with Gasteiger partial charge in [-0.15, -0.1) is 0 Å². The van der Waals surface area contributed by atoms with E-state index >= 15 is 0 Å². The number of benzene rings is 2. The topological polar surface area (TPSA) is 0 Å². The quantitative estimate of drug-likeness (QED) is 0.127. The molecular formula is C18H2F10Se2. The van der Waals surface area contributed by atoms with Crippen molar-refractivity contribution >= 4 is 37.5 Å². The molecule has 0 fully saturated rings. The molecule has 0 spiro atoms. The Morgan fingerprint density at radius 3 is 0.867 bits per heavy atom. The number of fused-ring (bicyclic) bond motifs is 1. The van der Waals surface area contributed by atoms with E-state index in [1.807, 2.05) is 0 Å². The molecular weight excluding hydrogens is 564 g/mol. The normalized spacial score (nSPS) is 11.7. The SMILES string of the molecule is Fc1c(F)c(F)c(-c2cc3[se]c(-c4c(F)c(F)c(F)c(F)c4F)cc3[se]2)c(F)c1F. The summed E-state index contributed by atoms with van der Waals surface area (Å²) in [4.78, 5) is 0. The van der Waals surface area contributed by atoms with Crippen LogP contribution in [-0.4, -0.2) is 29.0 Å². The van der Waals surface area contributed by atoms with Gasteiger partial charge in [0.15, 0.2) is 0 Å². The fourth-order valence-electron chi connectivity index (χ4n) is 2.72. The van der Waals surface area contributed by atoms with Crippen LogP contribution in [-0.2, 0) is 0 Å². The molecule has 2 aromatic heterocycles. The van der Waals surface area contributed by atoms with Gasteiger partial charge in [0.1, 0.15) is 0 Å². The van der Waals surface area contributed by atoms with E-state index in [0.717, 1.165) is 12.1 Å². The molecule has 0 radical (unpaired) electrons. The summed E-state index contributed by atoms with van der Waals surface area (Å²) in [5.74, 6) is -21.1. The summed E-state index contributed by atoms with van der Waals surface area (Å²) in [5, 5.41) is 0. The number of hydrogen-bond acceptors (Lipinski definition) is 0. The second-order valence-electron chi connectivity index (χ2n) is 5.84. The first-order valence-corrected chi connectivity index (χ1v) is 11.0. The fourth-order valence-corrected chi connectivity index (χ4v) is 8.72. The molecule has 0 aliphatic rings. The third-order valence-electron chi connectivity index (χ3n) is 4.12. The first-order valence-electron chi connectivity index (χ1n) is 7.61. The van der Waals surface area contributed by atoms with Crippen LogP contribution in [0.2, 0.25) is 0 Å². The molecule has 0 nitrogen and oxygen atoms in total. The van der Waals surface area contributed by atoms with Crippen LogP contribution in [0.15, 0.2) is 12.1 Å². The van der Waals surface area contributed by atoms with Crippen LogP contribution in [0.25, 0.3) is 28.5 Å². The van der Waals surface area contributed by atoms with E-state index in [1.54, 1.807) is 0 Å².